The minimum Gasteiger partial charge on any atom is -0.383 e. The van der Waals surface area contributed by atoms with Gasteiger partial charge in [0.15, 0.2) is 0 Å². The topological polar surface area (TPSA) is 24.1 Å². The fourth-order valence-electron chi connectivity index (χ4n) is 1.97. The van der Waals surface area contributed by atoms with Crippen LogP contribution in [0.15, 0.2) is 18.2 Å². The zero-order valence-electron chi connectivity index (χ0n) is 8.93. The first-order valence-corrected chi connectivity index (χ1v) is 5.37. The molecule has 0 bridgehead atoms. The minimum absolute atomic E-state index is 0.599. The van der Waals surface area contributed by atoms with E-state index in [4.69, 9.17) is 0 Å². The highest BCUT2D eigenvalue weighted by Gasteiger charge is 2.13. The van der Waals surface area contributed by atoms with Gasteiger partial charge >= 0.3 is 0 Å². The maximum absolute atomic E-state index is 3.55. The summed E-state index contributed by atoms with van der Waals surface area (Å²) >= 11 is 0. The van der Waals surface area contributed by atoms with Crippen molar-refractivity contribution in [2.75, 3.05) is 11.9 Å². The molecule has 0 fully saturated rings. The van der Waals surface area contributed by atoms with Gasteiger partial charge in [-0.2, -0.15) is 0 Å². The van der Waals surface area contributed by atoms with Crippen LogP contribution in [0.4, 0.5) is 5.69 Å². The highest BCUT2D eigenvalue weighted by atomic mass is 15.0. The van der Waals surface area contributed by atoms with Crippen molar-refractivity contribution >= 4 is 5.69 Å². The van der Waals surface area contributed by atoms with Crippen molar-refractivity contribution in [3.8, 4) is 0 Å². The van der Waals surface area contributed by atoms with Crippen molar-refractivity contribution in [2.24, 2.45) is 0 Å². The fourth-order valence-corrected chi connectivity index (χ4v) is 1.97. The van der Waals surface area contributed by atoms with Gasteiger partial charge in [-0.15, -0.1) is 0 Å². The smallest absolute Gasteiger partial charge is 0.0416 e. The summed E-state index contributed by atoms with van der Waals surface area (Å²) in [5.41, 5.74) is 4.07. The Morgan fingerprint density at radius 1 is 1.43 bits per heavy atom. The van der Waals surface area contributed by atoms with Crippen molar-refractivity contribution < 1.29 is 0 Å². The quantitative estimate of drug-likeness (QED) is 0.710. The normalized spacial score (nSPS) is 20.9. The summed E-state index contributed by atoms with van der Waals surface area (Å²) < 4.78 is 0. The number of benzene rings is 1. The summed E-state index contributed by atoms with van der Waals surface area (Å²) in [6.07, 6.45) is 1.18. The predicted molar refractivity (Wildman–Crippen MR) is 60.6 cm³/mol. The summed E-state index contributed by atoms with van der Waals surface area (Å²) in [6.45, 7) is 6.41. The van der Waals surface area contributed by atoms with Gasteiger partial charge in [-0.1, -0.05) is 25.1 Å². The first-order valence-electron chi connectivity index (χ1n) is 5.37. The average Bonchev–Trinajstić information content (AvgIpc) is 2.41. The van der Waals surface area contributed by atoms with Crippen LogP contribution in [0.25, 0.3) is 0 Å². The largest absolute Gasteiger partial charge is 0.383 e. The van der Waals surface area contributed by atoms with E-state index in [1.807, 2.05) is 0 Å². The lowest BCUT2D eigenvalue weighted by Gasteiger charge is -2.13. The zero-order chi connectivity index (χ0) is 9.97. The second-order valence-electron chi connectivity index (χ2n) is 3.98. The minimum atomic E-state index is 0.599. The molecular formula is C12H18N2. The van der Waals surface area contributed by atoms with Crippen LogP contribution in [0, 0.1) is 6.92 Å². The lowest BCUT2D eigenvalue weighted by atomic mass is 10.1. The van der Waals surface area contributed by atoms with Crippen LogP contribution in [0.1, 0.15) is 24.5 Å². The maximum atomic E-state index is 3.55. The van der Waals surface area contributed by atoms with Crippen molar-refractivity contribution in [1.82, 2.24) is 5.32 Å². The molecule has 0 aromatic heterocycles. The van der Waals surface area contributed by atoms with Gasteiger partial charge in [0.1, 0.15) is 0 Å². The van der Waals surface area contributed by atoms with E-state index in [-0.39, 0.29) is 0 Å². The Bertz CT molecular complexity index is 320. The van der Waals surface area contributed by atoms with E-state index in [1.54, 1.807) is 0 Å². The standard InChI is InChI=1S/C12H18N2/c1-3-11-8-14-12-9(2)5-4-6-10(12)7-13-11/h4-6,11,13-14H,3,7-8H2,1-2H3. The number of hydrogen-bond donors (Lipinski definition) is 2. The molecule has 0 aliphatic carbocycles. The number of aryl methyl sites for hydroxylation is 1. The molecule has 2 N–H and O–H groups in total. The van der Waals surface area contributed by atoms with E-state index in [9.17, 15) is 0 Å². The molecule has 2 heteroatoms. The molecular weight excluding hydrogens is 172 g/mol. The highest BCUT2D eigenvalue weighted by Crippen LogP contribution is 2.22. The van der Waals surface area contributed by atoms with Crippen molar-refractivity contribution in [3.05, 3.63) is 29.3 Å². The second kappa shape index (κ2) is 4.01. The van der Waals surface area contributed by atoms with Gasteiger partial charge < -0.3 is 10.6 Å². The van der Waals surface area contributed by atoms with Crippen LogP contribution in [0.5, 0.6) is 0 Å². The molecule has 0 amide bonds. The molecule has 1 aromatic carbocycles. The van der Waals surface area contributed by atoms with Gasteiger partial charge in [0, 0.05) is 24.8 Å². The average molecular weight is 190 g/mol. The fraction of sp³-hybridized carbons (Fsp3) is 0.500. The Balaban J connectivity index is 2.25. The molecule has 0 spiro atoms. The molecule has 1 aliphatic rings. The zero-order valence-corrected chi connectivity index (χ0v) is 8.93. The third-order valence-corrected chi connectivity index (χ3v) is 2.96. The molecule has 76 valence electrons. The Kier molecular flexibility index (Phi) is 2.73. The number of para-hydroxylation sites is 1. The lowest BCUT2D eigenvalue weighted by Crippen LogP contribution is -2.31. The van der Waals surface area contributed by atoms with E-state index < -0.39 is 0 Å². The Hall–Kier alpha value is -1.02. The van der Waals surface area contributed by atoms with Gasteiger partial charge in [0.2, 0.25) is 0 Å². The molecule has 1 atom stereocenters. The number of rotatable bonds is 1. The van der Waals surface area contributed by atoms with Crippen LogP contribution in [-0.4, -0.2) is 12.6 Å². The first-order chi connectivity index (χ1) is 6.81. The van der Waals surface area contributed by atoms with E-state index in [0.717, 1.165) is 13.1 Å². The predicted octanol–water partition coefficient (Wildman–Crippen LogP) is 2.29. The van der Waals surface area contributed by atoms with Crippen molar-refractivity contribution in [3.63, 3.8) is 0 Å². The van der Waals surface area contributed by atoms with E-state index >= 15 is 0 Å². The molecule has 0 saturated carbocycles. The molecule has 14 heavy (non-hydrogen) atoms. The Labute approximate surface area is 85.7 Å². The van der Waals surface area contributed by atoms with Gasteiger partial charge in [-0.3, -0.25) is 0 Å². The lowest BCUT2D eigenvalue weighted by molar-refractivity contribution is 0.526. The second-order valence-corrected chi connectivity index (χ2v) is 3.98. The molecule has 1 aromatic rings. The number of fused-ring (bicyclic) bond motifs is 1. The van der Waals surface area contributed by atoms with Gasteiger partial charge in [-0.25, -0.2) is 0 Å². The monoisotopic (exact) mass is 190 g/mol. The SMILES string of the molecule is CCC1CNc2c(C)cccc2CN1. The van der Waals surface area contributed by atoms with Gasteiger partial charge in [-0.05, 0) is 24.5 Å². The van der Waals surface area contributed by atoms with Crippen LogP contribution < -0.4 is 10.6 Å². The summed E-state index contributed by atoms with van der Waals surface area (Å²) in [5.74, 6) is 0. The van der Waals surface area contributed by atoms with Crippen LogP contribution >= 0.6 is 0 Å². The third-order valence-electron chi connectivity index (χ3n) is 2.96. The molecule has 1 aliphatic heterocycles. The third kappa shape index (κ3) is 1.75. The van der Waals surface area contributed by atoms with Crippen LogP contribution in [0.2, 0.25) is 0 Å². The summed E-state index contributed by atoms with van der Waals surface area (Å²) in [7, 11) is 0. The van der Waals surface area contributed by atoms with E-state index in [0.29, 0.717) is 6.04 Å². The van der Waals surface area contributed by atoms with Crippen molar-refractivity contribution in [2.45, 2.75) is 32.9 Å². The molecule has 0 radical (unpaired) electrons. The van der Waals surface area contributed by atoms with Crippen LogP contribution in [0.3, 0.4) is 0 Å². The summed E-state index contributed by atoms with van der Waals surface area (Å²) in [4.78, 5) is 0. The molecule has 2 nitrogen and oxygen atoms in total. The number of nitrogens with one attached hydrogen (secondary N) is 2. The van der Waals surface area contributed by atoms with Gasteiger partial charge in [0.25, 0.3) is 0 Å². The van der Waals surface area contributed by atoms with Crippen molar-refractivity contribution in [1.29, 1.82) is 0 Å². The van der Waals surface area contributed by atoms with E-state index in [1.165, 1.54) is 23.2 Å². The summed E-state index contributed by atoms with van der Waals surface area (Å²) in [5, 5.41) is 7.08. The van der Waals surface area contributed by atoms with Gasteiger partial charge in [0.05, 0.1) is 0 Å². The Morgan fingerprint density at radius 3 is 3.07 bits per heavy atom. The highest BCUT2D eigenvalue weighted by molar-refractivity contribution is 5.57. The molecule has 1 unspecified atom stereocenters. The molecule has 2 rings (SSSR count). The molecule has 0 saturated heterocycles. The summed E-state index contributed by atoms with van der Waals surface area (Å²) in [6, 6.07) is 7.09. The van der Waals surface area contributed by atoms with Crippen LogP contribution in [-0.2, 0) is 6.54 Å². The molecule has 1 heterocycles. The number of anilines is 1. The first kappa shape index (κ1) is 9.53. The maximum Gasteiger partial charge on any atom is 0.0416 e. The number of hydrogen-bond acceptors (Lipinski definition) is 2. The van der Waals surface area contributed by atoms with E-state index in [2.05, 4.69) is 42.7 Å². The Morgan fingerprint density at radius 2 is 2.29 bits per heavy atom.